The van der Waals surface area contributed by atoms with Gasteiger partial charge in [0, 0.05) is 26.3 Å². The molecule has 172 valence electrons. The Morgan fingerprint density at radius 1 is 1.16 bits per heavy atom. The highest BCUT2D eigenvalue weighted by Gasteiger charge is 2.23. The number of anilines is 1. The van der Waals surface area contributed by atoms with Crippen LogP contribution in [0.15, 0.2) is 29.3 Å². The van der Waals surface area contributed by atoms with Crippen molar-refractivity contribution in [3.05, 3.63) is 29.8 Å². The zero-order valence-electron chi connectivity index (χ0n) is 18.4. The summed E-state index contributed by atoms with van der Waals surface area (Å²) in [4.78, 5) is 31.5. The van der Waals surface area contributed by atoms with Crippen LogP contribution in [0.3, 0.4) is 0 Å². The largest absolute Gasteiger partial charge is 0.447 e. The number of benzene rings is 1. The fourth-order valence-electron chi connectivity index (χ4n) is 3.70. The number of carbonyl (C=O) groups is 2. The second-order valence-electron chi connectivity index (χ2n) is 8.12. The predicted octanol–water partition coefficient (Wildman–Crippen LogP) is 2.96. The van der Waals surface area contributed by atoms with Crippen LogP contribution < -0.4 is 15.5 Å². The fraction of sp³-hybridized carbons (Fsp3) is 0.591. The molecule has 31 heavy (non-hydrogen) atoms. The third-order valence-corrected chi connectivity index (χ3v) is 5.62. The molecule has 0 atom stereocenters. The Morgan fingerprint density at radius 2 is 1.87 bits per heavy atom. The second-order valence-corrected chi connectivity index (χ2v) is 8.12. The SMILES string of the molecule is CN(C)C(=O)CNC(=NCc1ccc(N2CCOC2=O)cc1)NCC1CCCCC1.I. The first-order chi connectivity index (χ1) is 14.5. The second kappa shape index (κ2) is 12.7. The lowest BCUT2D eigenvalue weighted by Crippen LogP contribution is -2.44. The summed E-state index contributed by atoms with van der Waals surface area (Å²) in [6.07, 6.45) is 6.11. The number of aliphatic imine (C=N–C) groups is 1. The van der Waals surface area contributed by atoms with Gasteiger partial charge < -0.3 is 20.3 Å². The molecular formula is C22H34IN5O3. The molecule has 2 N–H and O–H groups in total. The van der Waals surface area contributed by atoms with Gasteiger partial charge in [-0.2, -0.15) is 0 Å². The summed E-state index contributed by atoms with van der Waals surface area (Å²) in [5.74, 6) is 1.32. The Balaban J connectivity index is 0.00000341. The molecule has 0 radical (unpaired) electrons. The molecule has 1 saturated carbocycles. The van der Waals surface area contributed by atoms with Gasteiger partial charge in [-0.25, -0.2) is 9.79 Å². The number of hydrogen-bond acceptors (Lipinski definition) is 4. The van der Waals surface area contributed by atoms with E-state index >= 15 is 0 Å². The maximum absolute atomic E-state index is 12.0. The van der Waals surface area contributed by atoms with E-state index < -0.39 is 0 Å². The fourth-order valence-corrected chi connectivity index (χ4v) is 3.70. The average Bonchev–Trinajstić information content (AvgIpc) is 3.19. The monoisotopic (exact) mass is 543 g/mol. The first-order valence-electron chi connectivity index (χ1n) is 10.8. The third kappa shape index (κ3) is 7.86. The molecule has 0 bridgehead atoms. The number of guanidine groups is 1. The molecule has 1 saturated heterocycles. The Bertz CT molecular complexity index is 748. The number of rotatable bonds is 7. The number of ether oxygens (including phenoxy) is 1. The number of amides is 2. The molecule has 1 heterocycles. The van der Waals surface area contributed by atoms with Crippen LogP contribution >= 0.6 is 24.0 Å². The van der Waals surface area contributed by atoms with Gasteiger partial charge in [-0.1, -0.05) is 31.4 Å². The first kappa shape index (κ1) is 25.2. The molecule has 1 aliphatic carbocycles. The Morgan fingerprint density at radius 3 is 2.48 bits per heavy atom. The summed E-state index contributed by atoms with van der Waals surface area (Å²) in [6.45, 7) is 2.58. The topological polar surface area (TPSA) is 86.3 Å². The van der Waals surface area contributed by atoms with Gasteiger partial charge in [0.25, 0.3) is 0 Å². The maximum atomic E-state index is 12.0. The van der Waals surface area contributed by atoms with Crippen molar-refractivity contribution >= 4 is 47.6 Å². The van der Waals surface area contributed by atoms with E-state index in [0.29, 0.717) is 31.6 Å². The van der Waals surface area contributed by atoms with Crippen LogP contribution in [0.5, 0.6) is 0 Å². The molecule has 0 unspecified atom stereocenters. The zero-order valence-corrected chi connectivity index (χ0v) is 20.8. The van der Waals surface area contributed by atoms with E-state index in [1.54, 1.807) is 23.9 Å². The quantitative estimate of drug-likeness (QED) is 0.314. The van der Waals surface area contributed by atoms with Crippen molar-refractivity contribution in [1.82, 2.24) is 15.5 Å². The van der Waals surface area contributed by atoms with E-state index in [2.05, 4.69) is 15.6 Å². The summed E-state index contributed by atoms with van der Waals surface area (Å²) >= 11 is 0. The number of halogens is 1. The van der Waals surface area contributed by atoms with Crippen molar-refractivity contribution in [2.24, 2.45) is 10.9 Å². The molecule has 1 aromatic carbocycles. The van der Waals surface area contributed by atoms with Crippen LogP contribution in [0.25, 0.3) is 0 Å². The number of likely N-dealkylation sites (N-methyl/N-ethyl adjacent to an activating group) is 1. The summed E-state index contributed by atoms with van der Waals surface area (Å²) in [5, 5.41) is 6.57. The van der Waals surface area contributed by atoms with Gasteiger partial charge in [0.15, 0.2) is 5.96 Å². The minimum atomic E-state index is -0.301. The van der Waals surface area contributed by atoms with Gasteiger partial charge in [0.2, 0.25) is 5.91 Å². The lowest BCUT2D eigenvalue weighted by Gasteiger charge is -2.23. The average molecular weight is 543 g/mol. The van der Waals surface area contributed by atoms with Crippen molar-refractivity contribution in [2.45, 2.75) is 38.6 Å². The molecule has 0 spiro atoms. The van der Waals surface area contributed by atoms with Crippen LogP contribution in [0.1, 0.15) is 37.7 Å². The molecule has 2 amide bonds. The third-order valence-electron chi connectivity index (χ3n) is 5.62. The van der Waals surface area contributed by atoms with Crippen LogP contribution in [0, 0.1) is 5.92 Å². The summed E-state index contributed by atoms with van der Waals surface area (Å²) in [6, 6.07) is 7.76. The molecule has 8 nitrogen and oxygen atoms in total. The van der Waals surface area contributed by atoms with Crippen LogP contribution in [-0.4, -0.2) is 63.2 Å². The Hall–Kier alpha value is -2.04. The number of carbonyl (C=O) groups excluding carboxylic acids is 2. The number of hydrogen-bond donors (Lipinski definition) is 2. The van der Waals surface area contributed by atoms with Gasteiger partial charge in [-0.15, -0.1) is 24.0 Å². The van der Waals surface area contributed by atoms with Gasteiger partial charge in [0.05, 0.1) is 19.6 Å². The zero-order chi connectivity index (χ0) is 21.3. The van der Waals surface area contributed by atoms with Gasteiger partial charge in [-0.05, 0) is 36.5 Å². The summed E-state index contributed by atoms with van der Waals surface area (Å²) in [5.41, 5.74) is 1.86. The van der Waals surface area contributed by atoms with Crippen molar-refractivity contribution < 1.29 is 14.3 Å². The molecule has 3 rings (SSSR count). The first-order valence-corrected chi connectivity index (χ1v) is 10.8. The molecule has 1 aromatic rings. The standard InChI is InChI=1S/C22H33N5O3.HI/c1-26(2)20(28)16-25-21(23-14-17-6-4-3-5-7-17)24-15-18-8-10-19(11-9-18)27-12-13-30-22(27)29;/h8-11,17H,3-7,12-16H2,1-2H3,(H2,23,24,25);1H. The lowest BCUT2D eigenvalue weighted by molar-refractivity contribution is -0.127. The Kier molecular flexibility index (Phi) is 10.4. The van der Waals surface area contributed by atoms with Crippen molar-refractivity contribution in [2.75, 3.05) is 45.2 Å². The van der Waals surface area contributed by atoms with E-state index in [0.717, 1.165) is 17.8 Å². The number of nitrogens with zero attached hydrogens (tertiary/aromatic N) is 3. The highest BCUT2D eigenvalue weighted by molar-refractivity contribution is 14.0. The Labute approximate surface area is 201 Å². The van der Waals surface area contributed by atoms with Crippen LogP contribution in [0.4, 0.5) is 10.5 Å². The summed E-state index contributed by atoms with van der Waals surface area (Å²) in [7, 11) is 3.49. The van der Waals surface area contributed by atoms with E-state index in [9.17, 15) is 9.59 Å². The molecule has 1 aliphatic heterocycles. The van der Waals surface area contributed by atoms with Gasteiger partial charge >= 0.3 is 6.09 Å². The molecule has 9 heteroatoms. The van der Waals surface area contributed by atoms with Gasteiger partial charge in [-0.3, -0.25) is 9.69 Å². The van der Waals surface area contributed by atoms with E-state index in [-0.39, 0.29) is 42.5 Å². The highest BCUT2D eigenvalue weighted by Crippen LogP contribution is 2.23. The minimum Gasteiger partial charge on any atom is -0.447 e. The predicted molar refractivity (Wildman–Crippen MR) is 133 cm³/mol. The molecular weight excluding hydrogens is 509 g/mol. The van der Waals surface area contributed by atoms with Crippen molar-refractivity contribution in [3.8, 4) is 0 Å². The van der Waals surface area contributed by atoms with E-state index in [1.807, 2.05) is 24.3 Å². The molecule has 0 aromatic heterocycles. The van der Waals surface area contributed by atoms with Crippen LogP contribution in [-0.2, 0) is 16.1 Å². The van der Waals surface area contributed by atoms with E-state index in [4.69, 9.17) is 4.74 Å². The minimum absolute atomic E-state index is 0. The van der Waals surface area contributed by atoms with E-state index in [1.165, 1.54) is 32.1 Å². The maximum Gasteiger partial charge on any atom is 0.414 e. The number of cyclic esters (lactones) is 1. The van der Waals surface area contributed by atoms with Crippen molar-refractivity contribution in [3.63, 3.8) is 0 Å². The smallest absolute Gasteiger partial charge is 0.414 e. The molecule has 2 aliphatic rings. The number of nitrogens with one attached hydrogen (secondary N) is 2. The van der Waals surface area contributed by atoms with Gasteiger partial charge in [0.1, 0.15) is 6.61 Å². The highest BCUT2D eigenvalue weighted by atomic mass is 127. The van der Waals surface area contributed by atoms with Crippen LogP contribution in [0.2, 0.25) is 0 Å². The van der Waals surface area contributed by atoms with Crippen molar-refractivity contribution in [1.29, 1.82) is 0 Å². The normalized spacial score (nSPS) is 17.0. The lowest BCUT2D eigenvalue weighted by atomic mass is 9.89. The summed E-state index contributed by atoms with van der Waals surface area (Å²) < 4.78 is 4.99. The molecule has 2 fully saturated rings.